The maximum absolute atomic E-state index is 12.4. The predicted octanol–water partition coefficient (Wildman–Crippen LogP) is 2.96. The van der Waals surface area contributed by atoms with E-state index in [0.717, 1.165) is 0 Å². The summed E-state index contributed by atoms with van der Waals surface area (Å²) in [6.07, 6.45) is 10.1. The SMILES string of the molecule is CN(C)C(=O)c1cccn1P(n1cccc1)n1cccc1. The number of carbonyl (C=O) groups is 1. The molecule has 0 bridgehead atoms. The minimum absolute atomic E-state index is 0.00631. The van der Waals surface area contributed by atoms with Crippen molar-refractivity contribution in [3.05, 3.63) is 73.1 Å². The van der Waals surface area contributed by atoms with E-state index < -0.39 is 8.37 Å². The lowest BCUT2D eigenvalue weighted by atomic mass is 10.4. The highest BCUT2D eigenvalue weighted by Crippen LogP contribution is 2.42. The number of hydrogen-bond donors (Lipinski definition) is 0. The van der Waals surface area contributed by atoms with Crippen LogP contribution in [0.3, 0.4) is 0 Å². The van der Waals surface area contributed by atoms with Gasteiger partial charge < -0.3 is 4.90 Å². The van der Waals surface area contributed by atoms with E-state index in [9.17, 15) is 4.79 Å². The summed E-state index contributed by atoms with van der Waals surface area (Å²) < 4.78 is 6.29. The molecule has 108 valence electrons. The smallest absolute Gasteiger partial charge is 0.270 e. The molecule has 0 aliphatic heterocycles. The van der Waals surface area contributed by atoms with Crippen molar-refractivity contribution in [1.82, 2.24) is 17.9 Å². The summed E-state index contributed by atoms with van der Waals surface area (Å²) in [5.41, 5.74) is 0.688. The van der Waals surface area contributed by atoms with Crippen molar-refractivity contribution < 1.29 is 4.79 Å². The van der Waals surface area contributed by atoms with Crippen LogP contribution in [0.25, 0.3) is 0 Å². The Morgan fingerprint density at radius 1 is 0.905 bits per heavy atom. The Kier molecular flexibility index (Phi) is 3.67. The van der Waals surface area contributed by atoms with E-state index in [2.05, 4.69) is 8.68 Å². The molecule has 0 aliphatic rings. The zero-order valence-electron chi connectivity index (χ0n) is 12.0. The van der Waals surface area contributed by atoms with Crippen molar-refractivity contribution in [3.8, 4) is 0 Å². The van der Waals surface area contributed by atoms with E-state index in [1.54, 1.807) is 19.0 Å². The Hall–Kier alpha value is -2.26. The van der Waals surface area contributed by atoms with Crippen LogP contribution in [-0.4, -0.2) is 37.9 Å². The van der Waals surface area contributed by atoms with E-state index >= 15 is 0 Å². The number of rotatable bonds is 4. The number of amides is 1. The average Bonchev–Trinajstić information content (AvgIpc) is 3.22. The van der Waals surface area contributed by atoms with E-state index in [-0.39, 0.29) is 5.91 Å². The molecule has 5 nitrogen and oxygen atoms in total. The first-order chi connectivity index (χ1) is 10.2. The summed E-state index contributed by atoms with van der Waals surface area (Å²) in [5.74, 6) is 0.00631. The van der Waals surface area contributed by atoms with Gasteiger partial charge in [0.1, 0.15) is 5.69 Å². The Balaban J connectivity index is 2.11. The van der Waals surface area contributed by atoms with Gasteiger partial charge in [-0.15, -0.1) is 0 Å². The van der Waals surface area contributed by atoms with E-state index in [1.807, 2.05) is 71.7 Å². The van der Waals surface area contributed by atoms with Crippen LogP contribution in [0.5, 0.6) is 0 Å². The third-order valence-corrected chi connectivity index (χ3v) is 5.23. The summed E-state index contributed by atoms with van der Waals surface area (Å²) >= 11 is 0. The van der Waals surface area contributed by atoms with Gasteiger partial charge in [0.2, 0.25) is 8.37 Å². The van der Waals surface area contributed by atoms with Crippen molar-refractivity contribution >= 4 is 14.3 Å². The largest absolute Gasteiger partial charge is 0.343 e. The molecule has 3 aromatic rings. The van der Waals surface area contributed by atoms with Gasteiger partial charge >= 0.3 is 0 Å². The zero-order chi connectivity index (χ0) is 14.8. The molecule has 0 atom stereocenters. The third kappa shape index (κ3) is 2.52. The molecule has 3 rings (SSSR count). The van der Waals surface area contributed by atoms with E-state index in [0.29, 0.717) is 5.69 Å². The summed E-state index contributed by atoms with van der Waals surface area (Å²) in [5, 5.41) is 0. The first-order valence-electron chi connectivity index (χ1n) is 6.64. The molecule has 0 unspecified atom stereocenters. The highest BCUT2D eigenvalue weighted by molar-refractivity contribution is 7.52. The van der Waals surface area contributed by atoms with Gasteiger partial charge in [-0.3, -0.25) is 17.8 Å². The van der Waals surface area contributed by atoms with Crippen molar-refractivity contribution in [2.24, 2.45) is 0 Å². The molecule has 0 saturated carbocycles. The van der Waals surface area contributed by atoms with Gasteiger partial charge in [-0.25, -0.2) is 0 Å². The molecule has 3 heterocycles. The lowest BCUT2D eigenvalue weighted by molar-refractivity contribution is 0.0821. The summed E-state index contributed by atoms with van der Waals surface area (Å²) in [7, 11) is 2.63. The molecule has 21 heavy (non-hydrogen) atoms. The normalized spacial score (nSPS) is 11.0. The number of hydrogen-bond acceptors (Lipinski definition) is 1. The molecule has 0 spiro atoms. The zero-order valence-corrected chi connectivity index (χ0v) is 12.9. The van der Waals surface area contributed by atoms with E-state index in [1.165, 1.54) is 0 Å². The second-order valence-corrected chi connectivity index (χ2v) is 6.72. The second-order valence-electron chi connectivity index (χ2n) is 4.83. The van der Waals surface area contributed by atoms with Crippen LogP contribution in [0.15, 0.2) is 67.4 Å². The average molecular weight is 300 g/mol. The predicted molar refractivity (Wildman–Crippen MR) is 84.4 cm³/mol. The topological polar surface area (TPSA) is 35.1 Å². The molecule has 6 heteroatoms. The monoisotopic (exact) mass is 300 g/mol. The van der Waals surface area contributed by atoms with Crippen molar-refractivity contribution in [2.75, 3.05) is 14.1 Å². The molecule has 1 amide bonds. The van der Waals surface area contributed by atoms with Crippen LogP contribution >= 0.6 is 8.37 Å². The van der Waals surface area contributed by atoms with E-state index in [4.69, 9.17) is 0 Å². The molecule has 0 N–H and O–H groups in total. The Morgan fingerprint density at radius 3 is 1.90 bits per heavy atom. The highest BCUT2D eigenvalue weighted by atomic mass is 31.1. The van der Waals surface area contributed by atoms with Gasteiger partial charge in [0.05, 0.1) is 0 Å². The fourth-order valence-corrected chi connectivity index (χ4v) is 4.17. The van der Waals surface area contributed by atoms with Gasteiger partial charge in [0, 0.05) is 45.1 Å². The van der Waals surface area contributed by atoms with Crippen LogP contribution in [-0.2, 0) is 0 Å². The quantitative estimate of drug-likeness (QED) is 0.682. The van der Waals surface area contributed by atoms with Gasteiger partial charge in [-0.1, -0.05) is 0 Å². The number of aromatic nitrogens is 3. The molecule has 0 aromatic carbocycles. The maximum Gasteiger partial charge on any atom is 0.270 e. The lowest BCUT2D eigenvalue weighted by Gasteiger charge is -2.24. The third-order valence-electron chi connectivity index (χ3n) is 3.14. The Morgan fingerprint density at radius 2 is 1.43 bits per heavy atom. The number of nitrogens with zero attached hydrogens (tertiary/aromatic N) is 4. The summed E-state index contributed by atoms with van der Waals surface area (Å²) in [6, 6.07) is 11.8. The van der Waals surface area contributed by atoms with Gasteiger partial charge in [-0.2, -0.15) is 0 Å². The minimum Gasteiger partial charge on any atom is -0.343 e. The molecular formula is C15H17N4OP. The maximum atomic E-state index is 12.4. The molecule has 0 saturated heterocycles. The van der Waals surface area contributed by atoms with Gasteiger partial charge in [0.25, 0.3) is 5.91 Å². The van der Waals surface area contributed by atoms with Crippen molar-refractivity contribution in [3.63, 3.8) is 0 Å². The Bertz CT molecular complexity index is 679. The van der Waals surface area contributed by atoms with Crippen LogP contribution in [0.2, 0.25) is 0 Å². The fourth-order valence-electron chi connectivity index (χ4n) is 2.16. The molecule has 0 aliphatic carbocycles. The molecule has 0 radical (unpaired) electrons. The highest BCUT2D eigenvalue weighted by Gasteiger charge is 2.21. The van der Waals surface area contributed by atoms with Crippen molar-refractivity contribution in [1.29, 1.82) is 0 Å². The number of carbonyl (C=O) groups excluding carboxylic acids is 1. The second kappa shape index (κ2) is 5.62. The van der Waals surface area contributed by atoms with Crippen LogP contribution in [0.1, 0.15) is 10.5 Å². The van der Waals surface area contributed by atoms with Crippen LogP contribution in [0, 0.1) is 0 Å². The standard InChI is InChI=1S/C15H17N4OP/c1-16(2)15(20)14-8-7-13-19(14)21(17-9-3-4-10-17)18-11-5-6-12-18/h3-13H,1-2H3. The molecule has 0 fully saturated rings. The lowest BCUT2D eigenvalue weighted by Crippen LogP contribution is -2.24. The first kappa shape index (κ1) is 13.7. The molecular weight excluding hydrogens is 283 g/mol. The first-order valence-corrected chi connectivity index (χ1v) is 7.84. The molecule has 3 aromatic heterocycles. The fraction of sp³-hybridized carbons (Fsp3) is 0.133. The Labute approximate surface area is 124 Å². The summed E-state index contributed by atoms with van der Waals surface area (Å²) in [4.78, 5) is 14.0. The summed E-state index contributed by atoms with van der Waals surface area (Å²) in [6.45, 7) is 0. The van der Waals surface area contributed by atoms with Crippen LogP contribution in [0.4, 0.5) is 0 Å². The van der Waals surface area contributed by atoms with Gasteiger partial charge in [0.15, 0.2) is 0 Å². The van der Waals surface area contributed by atoms with Crippen LogP contribution < -0.4 is 0 Å². The van der Waals surface area contributed by atoms with Crippen molar-refractivity contribution in [2.45, 2.75) is 0 Å². The minimum atomic E-state index is -0.910. The van der Waals surface area contributed by atoms with Gasteiger partial charge in [-0.05, 0) is 36.4 Å².